The number of fused-ring (bicyclic) bond motifs is 2. The van der Waals surface area contributed by atoms with E-state index in [1.165, 1.54) is 40.7 Å². The summed E-state index contributed by atoms with van der Waals surface area (Å²) in [5, 5.41) is 5.23. The lowest BCUT2D eigenvalue weighted by Crippen LogP contribution is -2.29. The van der Waals surface area contributed by atoms with Crippen LogP contribution in [0.5, 0.6) is 0 Å². The van der Waals surface area contributed by atoms with Crippen molar-refractivity contribution in [2.24, 2.45) is 10.1 Å². The van der Waals surface area contributed by atoms with Crippen molar-refractivity contribution in [2.75, 3.05) is 10.8 Å². The van der Waals surface area contributed by atoms with Crippen LogP contribution in [0.15, 0.2) is 81.5 Å². The average Bonchev–Trinajstić information content (AvgIpc) is 3.45. The summed E-state index contributed by atoms with van der Waals surface area (Å²) < 4.78 is 53.4. The van der Waals surface area contributed by atoms with E-state index < -0.39 is 26.0 Å². The van der Waals surface area contributed by atoms with Gasteiger partial charge in [0.2, 0.25) is 10.0 Å². The second-order valence-corrected chi connectivity index (χ2v) is 12.7. The van der Waals surface area contributed by atoms with Crippen molar-refractivity contribution in [3.05, 3.63) is 82.7 Å². The zero-order valence-corrected chi connectivity index (χ0v) is 21.7. The van der Waals surface area contributed by atoms with Crippen molar-refractivity contribution in [1.29, 1.82) is 0 Å². The number of hydrogen-bond donors (Lipinski definition) is 1. The molecule has 2 N–H and O–H groups in total. The number of para-hydroxylation sites is 1. The predicted molar refractivity (Wildman–Crippen MR) is 141 cm³/mol. The molecule has 1 amide bonds. The number of benzene rings is 3. The van der Waals surface area contributed by atoms with Crippen LogP contribution in [0.2, 0.25) is 0 Å². The summed E-state index contributed by atoms with van der Waals surface area (Å²) in [6, 6.07) is 17.3. The fourth-order valence-corrected chi connectivity index (χ4v) is 7.35. The highest BCUT2D eigenvalue weighted by molar-refractivity contribution is 7.92. The minimum Gasteiger partial charge on any atom is -0.305 e. The maximum absolute atomic E-state index is 13.2. The topological polar surface area (TPSA) is 132 Å². The third-order valence-electron chi connectivity index (χ3n) is 5.96. The van der Waals surface area contributed by atoms with Gasteiger partial charge in [-0.2, -0.15) is 4.99 Å². The standard InChI is InChI=1S/C25H20N4O5S3/c1-2-14-28-22-12-11-20(36(26,31)32)16-23(22)35-25(28)27-24(30)18-7-9-19(10-8-18)37(33,34)29-15-13-17-5-3-4-6-21(17)29/h1,3-12,16H,13-15H2,(H2,26,31,32). The van der Waals surface area contributed by atoms with Crippen LogP contribution >= 0.6 is 11.3 Å². The van der Waals surface area contributed by atoms with Crippen molar-refractivity contribution in [3.63, 3.8) is 0 Å². The van der Waals surface area contributed by atoms with Crippen LogP contribution < -0.4 is 14.2 Å². The molecule has 1 aliphatic heterocycles. The largest absolute Gasteiger partial charge is 0.305 e. The number of aromatic nitrogens is 1. The Balaban J connectivity index is 1.48. The monoisotopic (exact) mass is 552 g/mol. The van der Waals surface area contributed by atoms with Crippen molar-refractivity contribution in [1.82, 2.24) is 4.57 Å². The Bertz CT molecular complexity index is 1880. The Hall–Kier alpha value is -3.76. The lowest BCUT2D eigenvalue weighted by Gasteiger charge is -2.19. The number of nitrogens with two attached hydrogens (primary N) is 1. The first kappa shape index (κ1) is 24.9. The number of sulfonamides is 2. The van der Waals surface area contributed by atoms with Crippen LogP contribution in [0, 0.1) is 12.3 Å². The Kier molecular flexibility index (Phi) is 6.25. The molecule has 0 saturated carbocycles. The summed E-state index contributed by atoms with van der Waals surface area (Å²) in [5.74, 6) is 1.90. The zero-order valence-electron chi connectivity index (χ0n) is 19.2. The normalized spacial score (nSPS) is 14.1. The first-order valence-electron chi connectivity index (χ1n) is 11.0. The van der Waals surface area contributed by atoms with Gasteiger partial charge in [-0.3, -0.25) is 9.10 Å². The molecule has 188 valence electrons. The summed E-state index contributed by atoms with van der Waals surface area (Å²) in [7, 11) is -7.70. The Morgan fingerprint density at radius 3 is 2.43 bits per heavy atom. The van der Waals surface area contributed by atoms with Crippen LogP contribution in [0.4, 0.5) is 5.69 Å². The van der Waals surface area contributed by atoms with Gasteiger partial charge in [0.25, 0.3) is 15.9 Å². The Morgan fingerprint density at radius 2 is 1.73 bits per heavy atom. The molecule has 1 aromatic heterocycles. The quantitative estimate of drug-likeness (QED) is 0.380. The summed E-state index contributed by atoms with van der Waals surface area (Å²) in [5.41, 5.74) is 2.42. The fourth-order valence-electron chi connectivity index (χ4n) is 4.17. The van der Waals surface area contributed by atoms with E-state index in [2.05, 4.69) is 10.9 Å². The molecule has 0 fully saturated rings. The van der Waals surface area contributed by atoms with E-state index in [0.717, 1.165) is 16.9 Å². The van der Waals surface area contributed by atoms with Gasteiger partial charge in [0.1, 0.15) is 0 Å². The van der Waals surface area contributed by atoms with E-state index in [9.17, 15) is 21.6 Å². The van der Waals surface area contributed by atoms with Crippen LogP contribution in [-0.4, -0.2) is 33.9 Å². The molecule has 0 saturated heterocycles. The average molecular weight is 553 g/mol. The number of primary sulfonamides is 1. The van der Waals surface area contributed by atoms with E-state index in [-0.39, 0.29) is 26.7 Å². The third kappa shape index (κ3) is 4.58. The number of nitrogens with zero attached hydrogens (tertiary/aromatic N) is 3. The molecule has 1 aliphatic rings. The van der Waals surface area contributed by atoms with E-state index >= 15 is 0 Å². The maximum Gasteiger partial charge on any atom is 0.279 e. The molecule has 0 unspecified atom stereocenters. The van der Waals surface area contributed by atoms with E-state index in [1.54, 1.807) is 22.8 Å². The SMILES string of the molecule is C#CCn1c(=NC(=O)c2ccc(S(=O)(=O)N3CCc4ccccc43)cc2)sc2cc(S(N)(=O)=O)ccc21. The molecule has 0 aliphatic carbocycles. The highest BCUT2D eigenvalue weighted by Gasteiger charge is 2.30. The van der Waals surface area contributed by atoms with E-state index in [4.69, 9.17) is 11.6 Å². The van der Waals surface area contributed by atoms with Gasteiger partial charge in [-0.1, -0.05) is 35.5 Å². The number of hydrogen-bond acceptors (Lipinski definition) is 6. The zero-order chi connectivity index (χ0) is 26.4. The van der Waals surface area contributed by atoms with Gasteiger partial charge < -0.3 is 4.57 Å². The molecule has 4 aromatic rings. The number of carbonyl (C=O) groups is 1. The lowest BCUT2D eigenvalue weighted by molar-refractivity contribution is 0.0997. The minimum atomic E-state index is -3.91. The van der Waals surface area contributed by atoms with E-state index in [0.29, 0.717) is 28.9 Å². The number of rotatable bonds is 5. The van der Waals surface area contributed by atoms with Gasteiger partial charge in [-0.25, -0.2) is 22.0 Å². The second kappa shape index (κ2) is 9.28. The van der Waals surface area contributed by atoms with Crippen LogP contribution in [-0.2, 0) is 33.0 Å². The van der Waals surface area contributed by atoms with Crippen molar-refractivity contribution >= 4 is 53.2 Å². The smallest absolute Gasteiger partial charge is 0.279 e. The molecular formula is C25H20N4O5S3. The van der Waals surface area contributed by atoms with E-state index in [1.807, 2.05) is 12.1 Å². The van der Waals surface area contributed by atoms with Gasteiger partial charge in [-0.15, -0.1) is 6.42 Å². The molecule has 37 heavy (non-hydrogen) atoms. The molecule has 12 heteroatoms. The molecular weight excluding hydrogens is 532 g/mol. The van der Waals surface area contributed by atoms with Gasteiger partial charge in [0.15, 0.2) is 4.80 Å². The molecule has 3 aromatic carbocycles. The summed E-state index contributed by atoms with van der Waals surface area (Å²) in [6.07, 6.45) is 6.13. The highest BCUT2D eigenvalue weighted by atomic mass is 32.2. The third-order valence-corrected chi connectivity index (χ3v) is 9.74. The van der Waals surface area contributed by atoms with Crippen LogP contribution in [0.25, 0.3) is 10.2 Å². The van der Waals surface area contributed by atoms with Crippen molar-refractivity contribution in [2.45, 2.75) is 22.8 Å². The second-order valence-electron chi connectivity index (χ2n) is 8.25. The summed E-state index contributed by atoms with van der Waals surface area (Å²) >= 11 is 1.09. The first-order valence-corrected chi connectivity index (χ1v) is 14.8. The fraction of sp³-hybridized carbons (Fsp3) is 0.120. The minimum absolute atomic E-state index is 0.0654. The Labute approximate surface area is 217 Å². The number of thiazole rings is 1. The Morgan fingerprint density at radius 1 is 1.03 bits per heavy atom. The number of terminal acetylenes is 1. The molecule has 0 atom stereocenters. The van der Waals surface area contributed by atoms with Crippen molar-refractivity contribution in [3.8, 4) is 12.3 Å². The highest BCUT2D eigenvalue weighted by Crippen LogP contribution is 2.32. The van der Waals surface area contributed by atoms with Gasteiger partial charge in [0, 0.05) is 12.1 Å². The number of anilines is 1. The maximum atomic E-state index is 13.2. The van der Waals surface area contributed by atoms with Gasteiger partial charge in [-0.05, 0) is 60.5 Å². The van der Waals surface area contributed by atoms with Crippen LogP contribution in [0.3, 0.4) is 0 Å². The summed E-state index contributed by atoms with van der Waals surface area (Å²) in [4.78, 5) is 17.4. The van der Waals surface area contributed by atoms with Gasteiger partial charge in [0.05, 0.1) is 32.2 Å². The summed E-state index contributed by atoms with van der Waals surface area (Å²) in [6.45, 7) is 0.460. The predicted octanol–water partition coefficient (Wildman–Crippen LogP) is 2.48. The number of amides is 1. The molecule has 0 radical (unpaired) electrons. The van der Waals surface area contributed by atoms with Crippen molar-refractivity contribution < 1.29 is 21.6 Å². The molecule has 2 heterocycles. The van der Waals surface area contributed by atoms with Crippen LogP contribution in [0.1, 0.15) is 15.9 Å². The first-order chi connectivity index (χ1) is 17.6. The molecule has 0 bridgehead atoms. The molecule has 9 nitrogen and oxygen atoms in total. The molecule has 0 spiro atoms. The number of carbonyl (C=O) groups excluding carboxylic acids is 1. The van der Waals surface area contributed by atoms with Gasteiger partial charge >= 0.3 is 0 Å². The lowest BCUT2D eigenvalue weighted by atomic mass is 10.2. The molecule has 5 rings (SSSR count).